The number of amides is 1. The summed E-state index contributed by atoms with van der Waals surface area (Å²) >= 11 is 0. The molecule has 1 aromatic carbocycles. The minimum Gasteiger partial charge on any atom is -0.351 e. The Hall–Kier alpha value is -2.39. The Bertz CT molecular complexity index is 1370. The Morgan fingerprint density at radius 2 is 1.60 bits per heavy atom. The molecule has 4 saturated carbocycles. The van der Waals surface area contributed by atoms with Crippen LogP contribution in [0.5, 0.6) is 0 Å². The van der Waals surface area contributed by atoms with Crippen molar-refractivity contribution >= 4 is 17.6 Å². The van der Waals surface area contributed by atoms with Gasteiger partial charge in [0.15, 0.2) is 0 Å². The van der Waals surface area contributed by atoms with Crippen molar-refractivity contribution in [3.05, 3.63) is 72.9 Å². The summed E-state index contributed by atoms with van der Waals surface area (Å²) < 4.78 is 0. The molecule has 8 atom stereocenters. The van der Waals surface area contributed by atoms with E-state index in [1.807, 2.05) is 19.1 Å². The highest BCUT2D eigenvalue weighted by Gasteiger charge is 2.69. The molecule has 258 valence electrons. The summed E-state index contributed by atoms with van der Waals surface area (Å²) in [4.78, 5) is 14.9. The zero-order valence-electron chi connectivity index (χ0n) is 31.3. The lowest BCUT2D eigenvalue weighted by molar-refractivity contribution is -0.218. The largest absolute Gasteiger partial charge is 0.351 e. The average molecular weight is 639 g/mol. The van der Waals surface area contributed by atoms with Gasteiger partial charge in [-0.25, -0.2) is 0 Å². The lowest BCUT2D eigenvalue weighted by atomic mass is 9.32. The third-order valence-electron chi connectivity index (χ3n) is 14.9. The summed E-state index contributed by atoms with van der Waals surface area (Å²) in [6.45, 7) is 24.1. The van der Waals surface area contributed by atoms with Crippen molar-refractivity contribution in [1.82, 2.24) is 10.2 Å². The van der Waals surface area contributed by atoms with Crippen LogP contribution in [0.4, 0.5) is 0 Å². The lowest BCUT2D eigenvalue weighted by Gasteiger charge is -2.72. The predicted molar refractivity (Wildman–Crippen MR) is 202 cm³/mol. The molecule has 0 spiro atoms. The summed E-state index contributed by atoms with van der Waals surface area (Å²) in [6, 6.07) is 9.10. The molecule has 47 heavy (non-hydrogen) atoms. The Balaban J connectivity index is 0.00000139. The summed E-state index contributed by atoms with van der Waals surface area (Å²) in [5, 5.41) is 3.12. The molecule has 2 unspecified atom stereocenters. The van der Waals surface area contributed by atoms with E-state index in [0.717, 1.165) is 24.3 Å². The molecular formula is C44H66N2O. The number of nitrogens with zero attached hydrogens (tertiary/aromatic N) is 1. The highest BCUT2D eigenvalue weighted by molar-refractivity contribution is 5.87. The number of rotatable bonds is 7. The van der Waals surface area contributed by atoms with E-state index in [1.54, 1.807) is 11.6 Å². The van der Waals surface area contributed by atoms with Gasteiger partial charge >= 0.3 is 0 Å². The summed E-state index contributed by atoms with van der Waals surface area (Å²) in [7, 11) is 4.11. The molecule has 4 fully saturated rings. The third kappa shape index (κ3) is 6.06. The Morgan fingerprint density at radius 1 is 0.894 bits per heavy atom. The summed E-state index contributed by atoms with van der Waals surface area (Å²) in [6.07, 6.45) is 23.8. The first-order valence-electron chi connectivity index (χ1n) is 18.8. The number of benzene rings is 1. The van der Waals surface area contributed by atoms with Crippen molar-refractivity contribution in [3.8, 4) is 0 Å². The maximum Gasteiger partial charge on any atom is 0.243 e. The van der Waals surface area contributed by atoms with Gasteiger partial charge in [-0.1, -0.05) is 96.2 Å². The third-order valence-corrected chi connectivity index (χ3v) is 14.9. The van der Waals surface area contributed by atoms with E-state index in [0.29, 0.717) is 28.7 Å². The number of hydrogen-bond acceptors (Lipinski definition) is 2. The van der Waals surface area contributed by atoms with E-state index in [9.17, 15) is 4.79 Å². The van der Waals surface area contributed by atoms with Crippen LogP contribution in [0.3, 0.4) is 0 Å². The first-order valence-corrected chi connectivity index (χ1v) is 18.8. The number of allylic oxidation sites excluding steroid dienone is 4. The van der Waals surface area contributed by atoms with Gasteiger partial charge in [0.1, 0.15) is 0 Å². The van der Waals surface area contributed by atoms with Crippen molar-refractivity contribution in [2.45, 2.75) is 106 Å². The van der Waals surface area contributed by atoms with Gasteiger partial charge in [0.25, 0.3) is 0 Å². The van der Waals surface area contributed by atoms with Crippen LogP contribution in [0, 0.1) is 50.7 Å². The van der Waals surface area contributed by atoms with Gasteiger partial charge in [0.05, 0.1) is 0 Å². The van der Waals surface area contributed by atoms with Crippen LogP contribution in [0.1, 0.15) is 117 Å². The molecule has 3 nitrogen and oxygen atoms in total. The molecule has 3 heteroatoms. The molecule has 0 aliphatic heterocycles. The van der Waals surface area contributed by atoms with Gasteiger partial charge in [0, 0.05) is 13.1 Å². The smallest absolute Gasteiger partial charge is 0.243 e. The van der Waals surface area contributed by atoms with Crippen LogP contribution < -0.4 is 5.32 Å². The van der Waals surface area contributed by atoms with E-state index < -0.39 is 0 Å². The van der Waals surface area contributed by atoms with E-state index in [1.165, 1.54) is 75.3 Å². The SMILES string of the molecule is C=CC.C=Cc1ccc(C2=CC[C@@]3(C)C(CC[C@]4(C)C3CC[C@@H]3[C@H]5CCC[C@]5(/C=C/C(=O)NCCN(C)C)CC[C@]34C)C2(C)C)cc1. The highest BCUT2D eigenvalue weighted by Crippen LogP contribution is 2.77. The van der Waals surface area contributed by atoms with Gasteiger partial charge in [-0.2, -0.15) is 0 Å². The van der Waals surface area contributed by atoms with Crippen LogP contribution >= 0.6 is 0 Å². The maximum atomic E-state index is 12.8. The standard InChI is InChI=1S/C41H60N2O.C3H6/c1-9-29-12-14-30(15-13-29)31-18-22-38(4)34(37(31,2)3)19-23-40(6)35(38)17-16-32-33-11-10-21-41(33,26-25-39(32,40)5)24-20-36(44)42-27-28-43(7)8;1-3-2/h9,12-15,18,20,24,32-35H,1,10-11,16-17,19,21-23,25-28H2,2-8H3,(H,42,44);3H,1H2,2H3/b24-20+;/t32-,33-,34?,35?,38+,39-,40-,41+;/m1./s1. The first kappa shape index (κ1) is 35.9. The van der Waals surface area contributed by atoms with Gasteiger partial charge in [-0.15, -0.1) is 6.58 Å². The van der Waals surface area contributed by atoms with Crippen LogP contribution in [0.25, 0.3) is 11.6 Å². The number of hydrogen-bond donors (Lipinski definition) is 1. The highest BCUT2D eigenvalue weighted by atomic mass is 16.1. The van der Waals surface area contributed by atoms with E-state index in [-0.39, 0.29) is 16.7 Å². The normalized spacial score (nSPS) is 38.5. The summed E-state index contributed by atoms with van der Waals surface area (Å²) in [5.41, 5.74) is 5.62. The Kier molecular flexibility index (Phi) is 10.3. The van der Waals surface area contributed by atoms with Crippen molar-refractivity contribution in [2.24, 2.45) is 50.7 Å². The fraction of sp³-hybridized carbons (Fsp3) is 0.659. The van der Waals surface area contributed by atoms with Crippen molar-refractivity contribution < 1.29 is 4.79 Å². The minimum absolute atomic E-state index is 0.0890. The van der Waals surface area contributed by atoms with Gasteiger partial charge < -0.3 is 10.2 Å². The van der Waals surface area contributed by atoms with Crippen LogP contribution in [0.2, 0.25) is 0 Å². The van der Waals surface area contributed by atoms with Crippen molar-refractivity contribution in [3.63, 3.8) is 0 Å². The van der Waals surface area contributed by atoms with Gasteiger partial charge in [-0.05, 0) is 152 Å². The van der Waals surface area contributed by atoms with Gasteiger partial charge in [-0.3, -0.25) is 4.79 Å². The molecular weight excluding hydrogens is 572 g/mol. The molecule has 5 aliphatic rings. The molecule has 0 heterocycles. The maximum absolute atomic E-state index is 12.8. The van der Waals surface area contributed by atoms with Crippen molar-refractivity contribution in [1.29, 1.82) is 0 Å². The topological polar surface area (TPSA) is 32.3 Å². The molecule has 1 aromatic rings. The molecule has 0 radical (unpaired) electrons. The summed E-state index contributed by atoms with van der Waals surface area (Å²) in [5.74, 6) is 3.06. The first-order chi connectivity index (χ1) is 22.2. The van der Waals surface area contributed by atoms with Gasteiger partial charge in [0.2, 0.25) is 5.91 Å². The van der Waals surface area contributed by atoms with E-state index in [4.69, 9.17) is 0 Å². The lowest BCUT2D eigenvalue weighted by Crippen LogP contribution is -2.64. The van der Waals surface area contributed by atoms with E-state index >= 15 is 0 Å². The number of nitrogens with one attached hydrogen (secondary N) is 1. The molecule has 0 saturated heterocycles. The Morgan fingerprint density at radius 3 is 2.26 bits per heavy atom. The number of carbonyl (C=O) groups is 1. The number of carbonyl (C=O) groups excluding carboxylic acids is 1. The quantitative estimate of drug-likeness (QED) is 0.238. The van der Waals surface area contributed by atoms with Crippen LogP contribution in [0.15, 0.2) is 61.7 Å². The average Bonchev–Trinajstić information content (AvgIpc) is 3.45. The minimum atomic E-state index is 0.0890. The monoisotopic (exact) mass is 639 g/mol. The fourth-order valence-corrected chi connectivity index (χ4v) is 12.5. The number of fused-ring (bicyclic) bond motifs is 7. The molecule has 6 rings (SSSR count). The van der Waals surface area contributed by atoms with Crippen LogP contribution in [-0.4, -0.2) is 38.0 Å². The second-order valence-electron chi connectivity index (χ2n) is 17.6. The molecule has 1 amide bonds. The molecule has 0 aromatic heterocycles. The second-order valence-corrected chi connectivity index (χ2v) is 17.6. The molecule has 5 aliphatic carbocycles. The van der Waals surface area contributed by atoms with E-state index in [2.05, 4.69) is 109 Å². The predicted octanol–water partition coefficient (Wildman–Crippen LogP) is 10.6. The zero-order chi connectivity index (χ0) is 34.3. The number of likely N-dealkylation sites (N-methyl/N-ethyl adjacent to an activating group) is 1. The second kappa shape index (κ2) is 13.5. The zero-order valence-corrected chi connectivity index (χ0v) is 31.3. The Labute approximate surface area is 288 Å². The molecule has 1 N–H and O–H groups in total. The van der Waals surface area contributed by atoms with Crippen LogP contribution in [-0.2, 0) is 4.79 Å². The van der Waals surface area contributed by atoms with Crippen molar-refractivity contribution in [2.75, 3.05) is 27.2 Å². The molecule has 0 bridgehead atoms. The fourth-order valence-electron chi connectivity index (χ4n) is 12.5.